The summed E-state index contributed by atoms with van der Waals surface area (Å²) < 4.78 is 4.00. The topological polar surface area (TPSA) is 168 Å². The molecule has 0 unspecified atom stereocenters. The first-order valence-electron chi connectivity index (χ1n) is 4.48. The number of carbonyl (C=O) groups excluding carboxylic acids is 1. The van der Waals surface area contributed by atoms with Gasteiger partial charge in [0, 0.05) is 0 Å². The number of aliphatic hydroxyl groups excluding tert-OH is 5. The van der Waals surface area contributed by atoms with Crippen LogP contribution in [0.5, 0.6) is 0 Å². The second kappa shape index (κ2) is 6.53. The maximum Gasteiger partial charge on any atom is 0.453 e. The van der Waals surface area contributed by atoms with Crippen molar-refractivity contribution >= 4 is 13.9 Å². The number of hydrogen-bond donors (Lipinski definition) is 7. The van der Waals surface area contributed by atoms with Gasteiger partial charge in [-0.05, 0) is 0 Å². The molecule has 0 aliphatic carbocycles. The Labute approximate surface area is 97.1 Å². The van der Waals surface area contributed by atoms with Crippen molar-refractivity contribution in [1.29, 1.82) is 0 Å². The van der Waals surface area contributed by atoms with Gasteiger partial charge < -0.3 is 25.5 Å². The molecule has 0 aromatic carbocycles. The fourth-order valence-electron chi connectivity index (χ4n) is 0.886. The molecule has 0 heterocycles. The molecule has 9 nitrogen and oxygen atoms in total. The van der Waals surface area contributed by atoms with Crippen LogP contribution < -0.4 is 0 Å². The van der Waals surface area contributed by atoms with Crippen LogP contribution in [0.4, 0.5) is 0 Å². The van der Waals surface area contributed by atoms with Crippen molar-refractivity contribution in [3.8, 4) is 0 Å². The smallest absolute Gasteiger partial charge is 0.394 e. The monoisotopic (exact) mass is 275 g/mol. The molecule has 0 aliphatic rings. The molecule has 0 saturated carbocycles. The Kier molecular flexibility index (Phi) is 6.38. The van der Waals surface area contributed by atoms with Gasteiger partial charge in [0.15, 0.2) is 6.10 Å². The van der Waals surface area contributed by atoms with Crippen molar-refractivity contribution < 1.29 is 44.6 Å². The van der Waals surface area contributed by atoms with E-state index in [2.05, 4.69) is 4.52 Å². The zero-order valence-electron chi connectivity index (χ0n) is 8.91. The van der Waals surface area contributed by atoms with Gasteiger partial charge in [0.05, 0.1) is 6.61 Å². The van der Waals surface area contributed by atoms with E-state index in [0.717, 1.165) is 6.66 Å². The maximum absolute atomic E-state index is 11.0. The summed E-state index contributed by atoms with van der Waals surface area (Å²) in [6, 6.07) is 0. The van der Waals surface area contributed by atoms with Crippen LogP contribution in [0.25, 0.3) is 0 Å². The second-order valence-electron chi connectivity index (χ2n) is 3.42. The SMILES string of the molecule is C[P+](O)(O)OC(=O)[C@H](O)[C@@H](O)[C@H](O)[C@H](O)CO. The fourth-order valence-corrected chi connectivity index (χ4v) is 1.34. The number of hydrogen-bond acceptors (Lipinski definition) is 9. The molecule has 0 spiro atoms. The Balaban J connectivity index is 4.49. The summed E-state index contributed by atoms with van der Waals surface area (Å²) in [6.45, 7) is -0.103. The third-order valence-corrected chi connectivity index (χ3v) is 2.28. The quantitative estimate of drug-likeness (QED) is 0.241. The molecule has 0 aromatic heterocycles. The summed E-state index contributed by atoms with van der Waals surface area (Å²) in [6.07, 6.45) is -8.19. The molecular weight excluding hydrogens is 259 g/mol. The summed E-state index contributed by atoms with van der Waals surface area (Å²) in [5.41, 5.74) is 0. The fraction of sp³-hybridized carbons (Fsp3) is 0.857. The first kappa shape index (κ1) is 16.6. The predicted molar refractivity (Wildman–Crippen MR) is 54.5 cm³/mol. The van der Waals surface area contributed by atoms with E-state index in [4.69, 9.17) is 25.1 Å². The van der Waals surface area contributed by atoms with Gasteiger partial charge in [0.1, 0.15) is 25.0 Å². The Hall–Kier alpha value is -0.380. The van der Waals surface area contributed by atoms with Crippen molar-refractivity contribution in [2.75, 3.05) is 13.3 Å². The third kappa shape index (κ3) is 5.66. The minimum absolute atomic E-state index is 0.795. The molecule has 7 N–H and O–H groups in total. The van der Waals surface area contributed by atoms with E-state index in [-0.39, 0.29) is 0 Å². The first-order valence-corrected chi connectivity index (χ1v) is 6.54. The third-order valence-electron chi connectivity index (χ3n) is 1.76. The van der Waals surface area contributed by atoms with Gasteiger partial charge in [-0.2, -0.15) is 9.79 Å². The van der Waals surface area contributed by atoms with Crippen LogP contribution in [0.15, 0.2) is 0 Å². The van der Waals surface area contributed by atoms with Crippen LogP contribution in [-0.2, 0) is 9.32 Å². The molecule has 0 rings (SSSR count). The molecule has 0 aliphatic heterocycles. The second-order valence-corrected chi connectivity index (χ2v) is 5.27. The molecule has 0 saturated heterocycles. The van der Waals surface area contributed by atoms with Crippen LogP contribution in [-0.4, -0.2) is 79.0 Å². The Bertz CT molecular complexity index is 252. The first-order chi connectivity index (χ1) is 7.60. The highest BCUT2D eigenvalue weighted by Gasteiger charge is 2.41. The van der Waals surface area contributed by atoms with E-state index in [1.54, 1.807) is 0 Å². The number of aliphatic hydroxyl groups is 5. The highest BCUT2D eigenvalue weighted by Crippen LogP contribution is 2.46. The Morgan fingerprint density at radius 2 is 1.65 bits per heavy atom. The van der Waals surface area contributed by atoms with Gasteiger partial charge in [-0.3, -0.25) is 0 Å². The lowest BCUT2D eigenvalue weighted by Gasteiger charge is -2.23. The van der Waals surface area contributed by atoms with Crippen molar-refractivity contribution in [2.24, 2.45) is 0 Å². The van der Waals surface area contributed by atoms with Gasteiger partial charge in [0.25, 0.3) is 0 Å². The van der Waals surface area contributed by atoms with Gasteiger partial charge in [-0.1, -0.05) is 0 Å². The van der Waals surface area contributed by atoms with E-state index in [1.807, 2.05) is 0 Å². The lowest BCUT2D eigenvalue weighted by atomic mass is 10.0. The molecule has 10 heteroatoms. The average molecular weight is 275 g/mol. The van der Waals surface area contributed by atoms with Crippen LogP contribution in [0.3, 0.4) is 0 Å². The van der Waals surface area contributed by atoms with E-state index in [9.17, 15) is 15.0 Å². The van der Waals surface area contributed by atoms with Gasteiger partial charge >= 0.3 is 13.9 Å². The molecular formula is C7H16O9P+. The standard InChI is InChI=1S/C7H16O9P/c1-17(14,15)16-7(13)6(12)5(11)4(10)3(9)2-8/h3-6,8-12,14-15H,2H2,1H3/q+1/t3-,4-,5+,6-/m1/s1. The van der Waals surface area contributed by atoms with Crippen molar-refractivity contribution in [3.05, 3.63) is 0 Å². The highest BCUT2D eigenvalue weighted by atomic mass is 31.2. The minimum Gasteiger partial charge on any atom is -0.394 e. The molecule has 4 atom stereocenters. The largest absolute Gasteiger partial charge is 0.453 e. The maximum atomic E-state index is 11.0. The Morgan fingerprint density at radius 3 is 2.00 bits per heavy atom. The van der Waals surface area contributed by atoms with Crippen molar-refractivity contribution in [1.82, 2.24) is 0 Å². The predicted octanol–water partition coefficient (Wildman–Crippen LogP) is -3.66. The molecule has 0 bridgehead atoms. The van der Waals surface area contributed by atoms with Gasteiger partial charge in [0.2, 0.25) is 0 Å². The van der Waals surface area contributed by atoms with E-state index >= 15 is 0 Å². The molecule has 0 amide bonds. The molecule has 0 aromatic rings. The molecule has 0 fully saturated rings. The highest BCUT2D eigenvalue weighted by molar-refractivity contribution is 7.59. The lowest BCUT2D eigenvalue weighted by Crippen LogP contribution is -2.49. The number of carbonyl (C=O) groups is 1. The van der Waals surface area contributed by atoms with E-state index < -0.39 is 44.9 Å². The molecule has 102 valence electrons. The summed E-state index contributed by atoms with van der Waals surface area (Å²) in [7, 11) is -3.94. The summed E-state index contributed by atoms with van der Waals surface area (Å²) in [4.78, 5) is 28.6. The molecule has 0 radical (unpaired) electrons. The summed E-state index contributed by atoms with van der Waals surface area (Å²) >= 11 is 0. The minimum atomic E-state index is -3.94. The van der Waals surface area contributed by atoms with Crippen LogP contribution in [0.2, 0.25) is 0 Å². The normalized spacial score (nSPS) is 19.3. The zero-order valence-corrected chi connectivity index (χ0v) is 9.81. The van der Waals surface area contributed by atoms with Gasteiger partial charge in [-0.15, -0.1) is 0 Å². The lowest BCUT2D eigenvalue weighted by molar-refractivity contribution is -0.162. The van der Waals surface area contributed by atoms with Crippen LogP contribution in [0, 0.1) is 0 Å². The Morgan fingerprint density at radius 1 is 1.18 bits per heavy atom. The van der Waals surface area contributed by atoms with Crippen molar-refractivity contribution in [3.63, 3.8) is 0 Å². The van der Waals surface area contributed by atoms with Crippen LogP contribution in [0.1, 0.15) is 0 Å². The summed E-state index contributed by atoms with van der Waals surface area (Å²) in [5, 5.41) is 45.0. The van der Waals surface area contributed by atoms with Crippen LogP contribution >= 0.6 is 7.94 Å². The van der Waals surface area contributed by atoms with Gasteiger partial charge in [-0.25, -0.2) is 9.32 Å². The number of rotatable bonds is 6. The summed E-state index contributed by atoms with van der Waals surface area (Å²) in [5.74, 6) is -1.57. The zero-order chi connectivity index (χ0) is 13.8. The van der Waals surface area contributed by atoms with Crippen molar-refractivity contribution in [2.45, 2.75) is 24.4 Å². The van der Waals surface area contributed by atoms with E-state index in [0.29, 0.717) is 0 Å². The van der Waals surface area contributed by atoms with E-state index in [1.165, 1.54) is 0 Å². The molecule has 17 heavy (non-hydrogen) atoms. The average Bonchev–Trinajstić information content (AvgIpc) is 2.22.